The normalized spacial score (nSPS) is 20.6. The number of hydrogen-bond acceptors (Lipinski definition) is 5. The van der Waals surface area contributed by atoms with E-state index in [4.69, 9.17) is 9.47 Å². The van der Waals surface area contributed by atoms with E-state index >= 15 is 0 Å². The lowest BCUT2D eigenvalue weighted by Crippen LogP contribution is -2.44. The minimum absolute atomic E-state index is 0.223. The van der Waals surface area contributed by atoms with Crippen molar-refractivity contribution in [3.05, 3.63) is 53.6 Å². The summed E-state index contributed by atoms with van der Waals surface area (Å²) in [5.41, 5.74) is 5.64. The second kappa shape index (κ2) is 11.1. The van der Waals surface area contributed by atoms with Gasteiger partial charge in [-0.3, -0.25) is 4.90 Å². The summed E-state index contributed by atoms with van der Waals surface area (Å²) in [7, 11) is 3.70. The number of para-hydroxylation sites is 1. The molecular formula is C32H41N3O3. The summed E-state index contributed by atoms with van der Waals surface area (Å²) in [4.78, 5) is 17.6. The first-order valence-corrected chi connectivity index (χ1v) is 14.5. The SMILES string of the molecule is COC(=O)c1ccc2c(C3CCCCC3)c3n(c2c1)CC(N(C)CCN1CCCC1)COc1ccccc1-3. The zero-order valence-electron chi connectivity index (χ0n) is 23.0. The molecule has 2 aromatic carbocycles. The first-order valence-electron chi connectivity index (χ1n) is 14.5. The fourth-order valence-electron chi connectivity index (χ4n) is 6.90. The van der Waals surface area contributed by atoms with Crippen LogP contribution >= 0.6 is 0 Å². The minimum Gasteiger partial charge on any atom is -0.491 e. The van der Waals surface area contributed by atoms with Gasteiger partial charge >= 0.3 is 5.97 Å². The summed E-state index contributed by atoms with van der Waals surface area (Å²) in [5.74, 6) is 1.19. The average molecular weight is 516 g/mol. The molecule has 202 valence electrons. The van der Waals surface area contributed by atoms with Crippen molar-refractivity contribution < 1.29 is 14.3 Å². The maximum absolute atomic E-state index is 12.6. The lowest BCUT2D eigenvalue weighted by Gasteiger charge is -2.33. The highest BCUT2D eigenvalue weighted by molar-refractivity contribution is 5.99. The van der Waals surface area contributed by atoms with Crippen molar-refractivity contribution in [1.29, 1.82) is 0 Å². The third kappa shape index (κ3) is 4.85. The van der Waals surface area contributed by atoms with Gasteiger partial charge in [0.1, 0.15) is 12.4 Å². The molecule has 2 fully saturated rings. The van der Waals surface area contributed by atoms with Crippen LogP contribution in [-0.4, -0.2) is 73.3 Å². The highest BCUT2D eigenvalue weighted by atomic mass is 16.5. The molecule has 0 N–H and O–H groups in total. The van der Waals surface area contributed by atoms with Crippen molar-refractivity contribution in [1.82, 2.24) is 14.4 Å². The van der Waals surface area contributed by atoms with E-state index in [1.165, 1.54) is 87.4 Å². The van der Waals surface area contributed by atoms with Crippen molar-refractivity contribution in [2.45, 2.75) is 63.5 Å². The van der Waals surface area contributed by atoms with Crippen LogP contribution in [0.1, 0.15) is 66.8 Å². The summed E-state index contributed by atoms with van der Waals surface area (Å²) in [6.07, 6.45) is 8.94. The van der Waals surface area contributed by atoms with Crippen LogP contribution in [0.25, 0.3) is 22.2 Å². The van der Waals surface area contributed by atoms with Crippen molar-refractivity contribution in [2.24, 2.45) is 0 Å². The molecule has 1 aliphatic carbocycles. The van der Waals surface area contributed by atoms with E-state index < -0.39 is 0 Å². The fraction of sp³-hybridized carbons (Fsp3) is 0.531. The molecule has 3 heterocycles. The van der Waals surface area contributed by atoms with E-state index in [-0.39, 0.29) is 12.0 Å². The van der Waals surface area contributed by atoms with E-state index in [9.17, 15) is 4.79 Å². The molecule has 2 aliphatic heterocycles. The van der Waals surface area contributed by atoms with Gasteiger partial charge in [0, 0.05) is 36.1 Å². The average Bonchev–Trinajstić information content (AvgIpc) is 3.58. The Morgan fingerprint density at radius 2 is 1.84 bits per heavy atom. The maximum atomic E-state index is 12.6. The number of carbonyl (C=O) groups excluding carboxylic acids is 1. The standard InChI is InChI=1S/C32H41N3O3/c1-33(18-19-34-16-8-9-17-34)25-21-35-28-20-24(32(36)37-2)14-15-26(28)30(23-10-4-3-5-11-23)31(35)27-12-6-7-13-29(27)38-22-25/h6-7,12-15,20,23,25H,3-5,8-11,16-19,21-22H2,1-2H3. The van der Waals surface area contributed by atoms with Crippen molar-refractivity contribution in [3.8, 4) is 17.0 Å². The summed E-state index contributed by atoms with van der Waals surface area (Å²) in [5, 5.41) is 1.27. The molecule has 1 saturated heterocycles. The third-order valence-corrected chi connectivity index (χ3v) is 9.10. The zero-order valence-corrected chi connectivity index (χ0v) is 23.0. The van der Waals surface area contributed by atoms with E-state index in [1.807, 2.05) is 6.07 Å². The Morgan fingerprint density at radius 1 is 1.05 bits per heavy atom. The Hall–Kier alpha value is -2.83. The van der Waals surface area contributed by atoms with Gasteiger partial charge in [0.15, 0.2) is 0 Å². The quantitative estimate of drug-likeness (QED) is 0.381. The first-order chi connectivity index (χ1) is 18.6. The number of aromatic nitrogens is 1. The molecule has 3 aromatic rings. The lowest BCUT2D eigenvalue weighted by molar-refractivity contribution is 0.0601. The van der Waals surface area contributed by atoms with Crippen molar-refractivity contribution in [2.75, 3.05) is 46.9 Å². The predicted molar refractivity (Wildman–Crippen MR) is 152 cm³/mol. The maximum Gasteiger partial charge on any atom is 0.337 e. The fourth-order valence-corrected chi connectivity index (χ4v) is 6.90. The van der Waals surface area contributed by atoms with E-state index in [1.54, 1.807) is 0 Å². The number of fused-ring (bicyclic) bond motifs is 5. The molecule has 6 heteroatoms. The number of rotatable bonds is 6. The number of hydrogen-bond donors (Lipinski definition) is 0. The number of likely N-dealkylation sites (N-methyl/N-ethyl adjacent to an activating group) is 1. The van der Waals surface area contributed by atoms with E-state index in [2.05, 4.69) is 57.8 Å². The minimum atomic E-state index is -0.282. The van der Waals surface area contributed by atoms with Crippen LogP contribution < -0.4 is 4.74 Å². The van der Waals surface area contributed by atoms with Crippen LogP contribution in [0.3, 0.4) is 0 Å². The number of methoxy groups -OCH3 is 1. The molecule has 1 unspecified atom stereocenters. The van der Waals surface area contributed by atoms with E-state index in [0.29, 0.717) is 18.1 Å². The van der Waals surface area contributed by atoms with Gasteiger partial charge in [-0.2, -0.15) is 0 Å². The third-order valence-electron chi connectivity index (χ3n) is 9.10. The smallest absolute Gasteiger partial charge is 0.337 e. The number of esters is 1. The van der Waals surface area contributed by atoms with Crippen LogP contribution in [0, 0.1) is 0 Å². The van der Waals surface area contributed by atoms with Gasteiger partial charge in [-0.1, -0.05) is 37.5 Å². The van der Waals surface area contributed by atoms with Crippen LogP contribution in [0.15, 0.2) is 42.5 Å². The Labute approximate surface area is 226 Å². The van der Waals surface area contributed by atoms with Crippen LogP contribution in [-0.2, 0) is 11.3 Å². The Morgan fingerprint density at radius 3 is 2.63 bits per heavy atom. The molecule has 0 amide bonds. The second-order valence-corrected chi connectivity index (χ2v) is 11.4. The van der Waals surface area contributed by atoms with E-state index in [0.717, 1.165) is 30.9 Å². The Balaban J connectivity index is 1.48. The summed E-state index contributed by atoms with van der Waals surface area (Å²) >= 11 is 0. The molecule has 1 atom stereocenters. The van der Waals surface area contributed by atoms with Gasteiger partial charge in [-0.05, 0) is 81.6 Å². The number of benzene rings is 2. The highest BCUT2D eigenvalue weighted by Crippen LogP contribution is 2.47. The summed E-state index contributed by atoms with van der Waals surface area (Å²) in [6, 6.07) is 14.9. The largest absolute Gasteiger partial charge is 0.491 e. The van der Waals surface area contributed by atoms with Gasteiger partial charge in [0.25, 0.3) is 0 Å². The number of ether oxygens (including phenoxy) is 2. The number of nitrogens with zero attached hydrogens (tertiary/aromatic N) is 3. The molecule has 3 aliphatic rings. The second-order valence-electron chi connectivity index (χ2n) is 11.4. The number of likely N-dealkylation sites (tertiary alicyclic amines) is 1. The van der Waals surface area contributed by atoms with Crippen LogP contribution in [0.4, 0.5) is 0 Å². The molecule has 0 spiro atoms. The molecule has 6 rings (SSSR count). The summed E-state index contributed by atoms with van der Waals surface area (Å²) in [6.45, 7) is 6.03. The van der Waals surface area contributed by atoms with Gasteiger partial charge in [0.05, 0.1) is 24.4 Å². The molecule has 6 nitrogen and oxygen atoms in total. The van der Waals surface area contributed by atoms with Gasteiger partial charge < -0.3 is 18.9 Å². The van der Waals surface area contributed by atoms with Gasteiger partial charge in [-0.25, -0.2) is 4.79 Å². The van der Waals surface area contributed by atoms with Crippen LogP contribution in [0.2, 0.25) is 0 Å². The molecule has 1 saturated carbocycles. The molecule has 38 heavy (non-hydrogen) atoms. The Kier molecular flexibility index (Phi) is 7.44. The van der Waals surface area contributed by atoms with Gasteiger partial charge in [0.2, 0.25) is 0 Å². The zero-order chi connectivity index (χ0) is 26.1. The Bertz CT molecular complexity index is 1290. The van der Waals surface area contributed by atoms with Crippen molar-refractivity contribution >= 4 is 16.9 Å². The van der Waals surface area contributed by atoms with Gasteiger partial charge in [-0.15, -0.1) is 0 Å². The summed E-state index contributed by atoms with van der Waals surface area (Å²) < 4.78 is 14.2. The molecule has 1 aromatic heterocycles. The molecule has 0 bridgehead atoms. The van der Waals surface area contributed by atoms with Crippen LogP contribution in [0.5, 0.6) is 5.75 Å². The van der Waals surface area contributed by atoms with Crippen molar-refractivity contribution in [3.63, 3.8) is 0 Å². The molecule has 0 radical (unpaired) electrons. The molecular weight excluding hydrogens is 474 g/mol. The first kappa shape index (κ1) is 25.4. The lowest BCUT2D eigenvalue weighted by atomic mass is 9.81. The highest BCUT2D eigenvalue weighted by Gasteiger charge is 2.31. The number of carbonyl (C=O) groups is 1. The monoisotopic (exact) mass is 515 g/mol. The predicted octanol–water partition coefficient (Wildman–Crippen LogP) is 5.93. The topological polar surface area (TPSA) is 46.9 Å².